The summed E-state index contributed by atoms with van der Waals surface area (Å²) in [5.74, 6) is -0.0342. The first-order valence-electron chi connectivity index (χ1n) is 9.25. The first-order chi connectivity index (χ1) is 13.6. The van der Waals surface area contributed by atoms with E-state index in [0.717, 1.165) is 21.1 Å². The normalized spacial score (nSPS) is 12.1. The lowest BCUT2D eigenvalue weighted by atomic mass is 9.86. The Morgan fingerprint density at radius 2 is 1.90 bits per heavy atom. The quantitative estimate of drug-likeness (QED) is 0.454. The van der Waals surface area contributed by atoms with E-state index in [1.807, 2.05) is 38.1 Å². The SMILES string of the molecule is Cc1cc(C(C)(C)C)ccc1OCC(=O)N=Nc1c(O)[nH]c2c(C)cc(Br)cc12. The molecule has 0 spiro atoms. The lowest BCUT2D eigenvalue weighted by molar-refractivity contribution is -0.120. The summed E-state index contributed by atoms with van der Waals surface area (Å²) in [6, 6.07) is 9.66. The zero-order valence-corrected chi connectivity index (χ0v) is 18.7. The van der Waals surface area contributed by atoms with Crippen LogP contribution in [-0.4, -0.2) is 22.6 Å². The van der Waals surface area contributed by atoms with Crippen LogP contribution >= 0.6 is 15.9 Å². The number of carbonyl (C=O) groups is 1. The predicted molar refractivity (Wildman–Crippen MR) is 117 cm³/mol. The highest BCUT2D eigenvalue weighted by atomic mass is 79.9. The second-order valence-corrected chi connectivity index (χ2v) is 9.00. The molecule has 7 heteroatoms. The Balaban J connectivity index is 1.73. The summed E-state index contributed by atoms with van der Waals surface area (Å²) in [5, 5.41) is 18.5. The fraction of sp³-hybridized carbons (Fsp3) is 0.318. The molecule has 3 rings (SSSR count). The standard InChI is InChI=1S/C22H24BrN3O3/c1-12-8-14(22(3,4)5)6-7-17(12)29-11-18(27)25-26-20-16-10-15(23)9-13(2)19(16)24-21(20)28/h6-10,24,28H,11H2,1-5H3. The zero-order valence-electron chi connectivity index (χ0n) is 17.1. The molecule has 3 aromatic rings. The molecule has 0 radical (unpaired) electrons. The summed E-state index contributed by atoms with van der Waals surface area (Å²) in [5.41, 5.74) is 4.11. The molecular weight excluding hydrogens is 434 g/mol. The summed E-state index contributed by atoms with van der Waals surface area (Å²) in [6.45, 7) is 10.1. The lowest BCUT2D eigenvalue weighted by Crippen LogP contribution is -2.12. The summed E-state index contributed by atoms with van der Waals surface area (Å²) in [7, 11) is 0. The average molecular weight is 458 g/mol. The Labute approximate surface area is 178 Å². The molecule has 0 fully saturated rings. The summed E-state index contributed by atoms with van der Waals surface area (Å²) in [4.78, 5) is 15.0. The first kappa shape index (κ1) is 21.0. The number of rotatable bonds is 4. The van der Waals surface area contributed by atoms with Gasteiger partial charge in [0.25, 0.3) is 0 Å². The molecule has 0 unspecified atom stereocenters. The van der Waals surface area contributed by atoms with Crippen molar-refractivity contribution in [1.29, 1.82) is 0 Å². The molecule has 0 saturated heterocycles. The van der Waals surface area contributed by atoms with E-state index in [1.54, 1.807) is 0 Å². The molecule has 1 aromatic heterocycles. The van der Waals surface area contributed by atoms with Crippen molar-refractivity contribution < 1.29 is 14.6 Å². The van der Waals surface area contributed by atoms with E-state index in [-0.39, 0.29) is 23.6 Å². The molecule has 0 aliphatic heterocycles. The van der Waals surface area contributed by atoms with Crippen molar-refractivity contribution in [2.45, 2.75) is 40.0 Å². The van der Waals surface area contributed by atoms with Crippen LogP contribution in [0.4, 0.5) is 5.69 Å². The Hall–Kier alpha value is -2.67. The zero-order chi connectivity index (χ0) is 21.3. The van der Waals surface area contributed by atoms with Gasteiger partial charge in [0.2, 0.25) is 5.88 Å². The van der Waals surface area contributed by atoms with E-state index in [9.17, 15) is 9.90 Å². The van der Waals surface area contributed by atoms with Crippen molar-refractivity contribution in [3.63, 3.8) is 0 Å². The predicted octanol–water partition coefficient (Wildman–Crippen LogP) is 6.24. The number of halogens is 1. The fourth-order valence-corrected chi connectivity index (χ4v) is 3.63. The maximum Gasteiger partial charge on any atom is 0.302 e. The minimum absolute atomic E-state index is 0.0437. The number of hydrogen-bond donors (Lipinski definition) is 2. The fourth-order valence-electron chi connectivity index (χ4n) is 3.05. The van der Waals surface area contributed by atoms with Crippen LogP contribution in [0.5, 0.6) is 11.6 Å². The van der Waals surface area contributed by atoms with Crippen molar-refractivity contribution in [2.24, 2.45) is 10.2 Å². The van der Waals surface area contributed by atoms with E-state index < -0.39 is 5.91 Å². The minimum Gasteiger partial charge on any atom is -0.493 e. The van der Waals surface area contributed by atoms with Gasteiger partial charge in [-0.05, 0) is 54.2 Å². The molecule has 0 aliphatic carbocycles. The van der Waals surface area contributed by atoms with Gasteiger partial charge in [0.05, 0.1) is 5.52 Å². The molecule has 0 atom stereocenters. The largest absolute Gasteiger partial charge is 0.493 e. The number of aromatic amines is 1. The number of aromatic hydroxyl groups is 1. The third kappa shape index (κ3) is 4.67. The monoisotopic (exact) mass is 457 g/mol. The molecule has 0 bridgehead atoms. The third-order valence-corrected chi connectivity index (χ3v) is 5.13. The number of nitrogens with one attached hydrogen (secondary N) is 1. The van der Waals surface area contributed by atoms with Crippen LogP contribution in [0.15, 0.2) is 45.0 Å². The molecule has 1 amide bonds. The summed E-state index contributed by atoms with van der Waals surface area (Å²) in [6.07, 6.45) is 0. The van der Waals surface area contributed by atoms with Crippen molar-refractivity contribution in [3.8, 4) is 11.6 Å². The number of azo groups is 1. The molecule has 0 aliphatic rings. The van der Waals surface area contributed by atoms with E-state index >= 15 is 0 Å². The number of amides is 1. The molecule has 6 nitrogen and oxygen atoms in total. The van der Waals surface area contributed by atoms with Crippen LogP contribution in [0.2, 0.25) is 0 Å². The maximum absolute atomic E-state index is 12.1. The molecule has 0 saturated carbocycles. The number of carbonyl (C=O) groups excluding carboxylic acids is 1. The number of fused-ring (bicyclic) bond motifs is 1. The number of hydrogen-bond acceptors (Lipinski definition) is 4. The van der Waals surface area contributed by atoms with Crippen LogP contribution < -0.4 is 4.74 Å². The molecule has 29 heavy (non-hydrogen) atoms. The summed E-state index contributed by atoms with van der Waals surface area (Å²) < 4.78 is 6.46. The summed E-state index contributed by atoms with van der Waals surface area (Å²) >= 11 is 3.43. The highest BCUT2D eigenvalue weighted by Crippen LogP contribution is 2.38. The number of nitrogens with zero attached hydrogens (tertiary/aromatic N) is 2. The van der Waals surface area contributed by atoms with E-state index in [1.165, 1.54) is 5.56 Å². The Morgan fingerprint density at radius 1 is 1.17 bits per heavy atom. The van der Waals surface area contributed by atoms with Gasteiger partial charge in [-0.2, -0.15) is 0 Å². The Bertz CT molecular complexity index is 1110. The number of benzene rings is 2. The van der Waals surface area contributed by atoms with E-state index in [2.05, 4.69) is 58.0 Å². The lowest BCUT2D eigenvalue weighted by Gasteiger charge is -2.20. The van der Waals surface area contributed by atoms with Gasteiger partial charge < -0.3 is 14.8 Å². The van der Waals surface area contributed by atoms with Crippen molar-refractivity contribution in [1.82, 2.24) is 4.98 Å². The molecule has 2 aromatic carbocycles. The van der Waals surface area contributed by atoms with Crippen molar-refractivity contribution in [2.75, 3.05) is 6.61 Å². The second-order valence-electron chi connectivity index (χ2n) is 8.08. The second kappa shape index (κ2) is 7.99. The van der Waals surface area contributed by atoms with Gasteiger partial charge in [0.15, 0.2) is 12.3 Å². The van der Waals surface area contributed by atoms with Gasteiger partial charge in [0.1, 0.15) is 5.75 Å². The van der Waals surface area contributed by atoms with Crippen molar-refractivity contribution >= 4 is 38.4 Å². The van der Waals surface area contributed by atoms with Crippen LogP contribution in [0.3, 0.4) is 0 Å². The average Bonchev–Trinajstić information content (AvgIpc) is 2.93. The van der Waals surface area contributed by atoms with Crippen LogP contribution in [0.1, 0.15) is 37.5 Å². The van der Waals surface area contributed by atoms with Crippen LogP contribution in [-0.2, 0) is 10.2 Å². The molecular formula is C22H24BrN3O3. The van der Waals surface area contributed by atoms with Gasteiger partial charge in [-0.1, -0.05) is 48.8 Å². The van der Waals surface area contributed by atoms with Gasteiger partial charge in [-0.15, -0.1) is 10.2 Å². The van der Waals surface area contributed by atoms with Gasteiger partial charge >= 0.3 is 5.91 Å². The van der Waals surface area contributed by atoms with Crippen LogP contribution in [0.25, 0.3) is 10.9 Å². The van der Waals surface area contributed by atoms with Crippen LogP contribution in [0, 0.1) is 13.8 Å². The van der Waals surface area contributed by atoms with Gasteiger partial charge in [-0.3, -0.25) is 4.79 Å². The molecule has 152 valence electrons. The number of ether oxygens (including phenoxy) is 1. The smallest absolute Gasteiger partial charge is 0.302 e. The Kier molecular flexibility index (Phi) is 5.80. The topological polar surface area (TPSA) is 87.0 Å². The molecule has 2 N–H and O–H groups in total. The Morgan fingerprint density at radius 3 is 2.55 bits per heavy atom. The van der Waals surface area contributed by atoms with E-state index in [4.69, 9.17) is 4.74 Å². The van der Waals surface area contributed by atoms with Gasteiger partial charge in [-0.25, -0.2) is 0 Å². The highest BCUT2D eigenvalue weighted by Gasteiger charge is 2.16. The first-order valence-corrected chi connectivity index (χ1v) is 10.0. The van der Waals surface area contributed by atoms with Gasteiger partial charge in [0, 0.05) is 9.86 Å². The number of aryl methyl sites for hydroxylation is 2. The number of H-pyrrole nitrogens is 1. The maximum atomic E-state index is 12.1. The molecule has 1 heterocycles. The minimum atomic E-state index is -0.537. The van der Waals surface area contributed by atoms with Crippen molar-refractivity contribution in [3.05, 3.63) is 51.5 Å². The highest BCUT2D eigenvalue weighted by molar-refractivity contribution is 9.10. The number of aromatic nitrogens is 1. The third-order valence-electron chi connectivity index (χ3n) is 4.68. The van der Waals surface area contributed by atoms with E-state index in [0.29, 0.717) is 11.1 Å².